The molecule has 0 aromatic rings. The molecule has 3 N–H and O–H groups in total. The van der Waals surface area contributed by atoms with Crippen molar-refractivity contribution in [2.24, 2.45) is 16.2 Å². The summed E-state index contributed by atoms with van der Waals surface area (Å²) >= 11 is 0. The van der Waals surface area contributed by atoms with E-state index in [1.807, 2.05) is 0 Å². The maximum atomic E-state index is 15.2. The lowest BCUT2D eigenvalue weighted by molar-refractivity contribution is -0.389. The fraction of sp³-hybridized carbons (Fsp3) is 0.684. The van der Waals surface area contributed by atoms with E-state index in [1.165, 1.54) is 64.6 Å². The quantitative estimate of drug-likeness (QED) is 0.0348. The molecule has 0 bridgehead atoms. The summed E-state index contributed by atoms with van der Waals surface area (Å²) in [6, 6.07) is 5.80. The zero-order valence-corrected chi connectivity index (χ0v) is 51.3. The van der Waals surface area contributed by atoms with Crippen molar-refractivity contribution < 1.29 is 133 Å². The number of rotatable bonds is 30. The van der Waals surface area contributed by atoms with E-state index in [9.17, 15) is 124 Å². The molecule has 0 saturated carbocycles. The Morgan fingerprint density at radius 1 is 0.340 bits per heavy atom. The van der Waals surface area contributed by atoms with Gasteiger partial charge in [-0.1, -0.05) is 41.5 Å². The highest BCUT2D eigenvalue weighted by Crippen LogP contribution is 2.60. The lowest BCUT2D eigenvalue weighted by Gasteiger charge is -2.37. The van der Waals surface area contributed by atoms with Gasteiger partial charge in [0.05, 0.1) is 56.4 Å². The second-order valence-electron chi connectivity index (χ2n) is 24.5. The van der Waals surface area contributed by atoms with Crippen molar-refractivity contribution >= 4 is 0 Å². The number of nitrogens with one attached hydrogen (secondary N) is 3. The van der Waals surface area contributed by atoms with Crippen molar-refractivity contribution in [1.82, 2.24) is 20.9 Å². The van der Waals surface area contributed by atoms with Crippen LogP contribution < -0.4 is 16.0 Å². The number of nitriles is 6. The maximum Gasteiger partial charge on any atom is 0.460 e. The summed E-state index contributed by atoms with van der Waals surface area (Å²) in [4.78, 5) is 1.52. The molecule has 3 aliphatic rings. The molecule has 542 valence electrons. The second-order valence-corrected chi connectivity index (χ2v) is 24.5. The molecule has 0 aromatic carbocycles. The second kappa shape index (κ2) is 29.7. The van der Waals surface area contributed by atoms with E-state index < -0.39 is 197 Å². The Kier molecular flexibility index (Phi) is 25.7. The average molecular weight is 1440 g/mol. The molecule has 0 atom stereocenters. The van der Waals surface area contributed by atoms with Gasteiger partial charge in [0.1, 0.15) is 53.1 Å². The Morgan fingerprint density at radius 2 is 0.546 bits per heavy atom. The van der Waals surface area contributed by atoms with E-state index in [-0.39, 0.29) is 75.8 Å². The smallest absolute Gasteiger partial charge is 0.385 e. The van der Waals surface area contributed by atoms with Crippen molar-refractivity contribution in [1.29, 1.82) is 31.6 Å². The van der Waals surface area contributed by atoms with Crippen LogP contribution in [0.5, 0.6) is 0 Å². The number of ether oxygens (including phenoxy) is 3. The van der Waals surface area contributed by atoms with Crippen LogP contribution in [0.15, 0.2) is 67.2 Å². The Labute approximate surface area is 535 Å². The Balaban J connectivity index is 1.91. The highest BCUT2D eigenvalue weighted by Gasteiger charge is 2.85. The Bertz CT molecular complexity index is 3020. The number of halogens is 27. The van der Waals surface area contributed by atoms with Crippen LogP contribution >= 0.6 is 0 Å². The van der Waals surface area contributed by atoms with Crippen LogP contribution in [0.2, 0.25) is 0 Å². The zero-order valence-electron chi connectivity index (χ0n) is 51.3. The lowest BCUT2D eigenvalue weighted by atomic mass is 9.72. The molecule has 3 aliphatic carbocycles. The van der Waals surface area contributed by atoms with Gasteiger partial charge in [-0.3, -0.25) is 4.90 Å². The highest BCUT2D eigenvalue weighted by molar-refractivity contribution is 5.58. The number of hydrogen-bond donors (Lipinski definition) is 3. The van der Waals surface area contributed by atoms with Crippen LogP contribution in [-0.2, 0) is 14.2 Å². The molecule has 97 heavy (non-hydrogen) atoms. The molecule has 40 heteroatoms. The normalized spacial score (nSPS) is 19.7. The molecular formula is C57H57F27N10O3. The zero-order chi connectivity index (χ0) is 75.2. The molecule has 0 aromatic heterocycles. The third-order valence-corrected chi connectivity index (χ3v) is 15.1. The number of alkyl halides is 27. The molecule has 0 unspecified atom stereocenters. The largest absolute Gasteiger partial charge is 0.460 e. The average Bonchev–Trinajstić information content (AvgIpc) is 0.738. The molecule has 0 saturated heterocycles. The summed E-state index contributed by atoms with van der Waals surface area (Å²) in [6.45, 7) is 4.03. The predicted octanol–water partition coefficient (Wildman–Crippen LogP) is 14.8. The minimum absolute atomic E-state index is 0.127. The molecule has 0 spiro atoms. The summed E-state index contributed by atoms with van der Waals surface area (Å²) in [5.41, 5.74) is -19.7. The molecule has 0 aliphatic heterocycles. The van der Waals surface area contributed by atoms with E-state index in [4.69, 9.17) is 14.2 Å². The van der Waals surface area contributed by atoms with Crippen molar-refractivity contribution in [3.05, 3.63) is 67.2 Å². The van der Waals surface area contributed by atoms with E-state index in [0.717, 1.165) is 0 Å². The first-order chi connectivity index (χ1) is 43.8. The fourth-order valence-electron chi connectivity index (χ4n) is 10.3. The molecule has 0 fully saturated rings. The summed E-state index contributed by atoms with van der Waals surface area (Å²) < 4.78 is 396. The van der Waals surface area contributed by atoms with Gasteiger partial charge in [-0.15, -0.1) is 0 Å². The van der Waals surface area contributed by atoms with Gasteiger partial charge in [0.2, 0.25) is 0 Å². The minimum Gasteiger partial charge on any atom is -0.385 e. The third kappa shape index (κ3) is 17.2. The third-order valence-electron chi connectivity index (χ3n) is 15.1. The SMILES string of the molecule is CC1(C)CC(NCCOCCN(CCOCCNC2=C(C#N)/C(=C(\C#N)C(F)(F)C(F)(F)C(F)(F)C(F)(F)F)CC(C)(C)C2)CCOCCNC2=C(C#N)/C(=C(\C#N)C(F)(F)C(F)(F)C(F)(F)C(F)(F)F)CC(C)(C)C2)=C(C#N)/C(=C(\C#N)C(F)(F)C(F)(F)C(F)(F)C(F)(F)F)C1. The lowest BCUT2D eigenvalue weighted by Crippen LogP contribution is -2.61. The summed E-state index contributed by atoms with van der Waals surface area (Å²) in [6.07, 6.45) is -25.2. The van der Waals surface area contributed by atoms with Crippen LogP contribution in [-0.4, -0.2) is 156 Å². The number of allylic oxidation sites excluding steroid dienone is 12. The standard InChI is InChI=1S/C57H57F27N10O3/c1-43(2)19-31(37(28-88)46(58,59)49(64,65)52(70,71)55(76,77)78)34(25-85)40(22-43)91-7-13-95-16-10-94(11-17-96-14-8-92-41-23-44(3,4)20-32(35(41)26-86)38(29-89)47(60,61)50(66,67)53(72,73)56(79,80)81)12-18-97-15-9-93-42-24-45(5,6)21-33(36(42)27-87)39(30-90)48(62,63)51(68,69)54(74,75)57(82,83)84/h91-93H,7-24H2,1-6H3/b37-31+,38-32+,39-33+. The molecule has 0 heterocycles. The maximum absolute atomic E-state index is 15.2. The highest BCUT2D eigenvalue weighted by atomic mass is 19.4. The Hall–Kier alpha value is -7.27. The van der Waals surface area contributed by atoms with E-state index in [2.05, 4.69) is 16.0 Å². The first-order valence-electron chi connectivity index (χ1n) is 27.9. The van der Waals surface area contributed by atoms with Crippen LogP contribution in [0.1, 0.15) is 80.1 Å². The number of nitrogens with zero attached hydrogens (tertiary/aromatic N) is 7. The molecule has 13 nitrogen and oxygen atoms in total. The van der Waals surface area contributed by atoms with Crippen LogP contribution in [0.4, 0.5) is 119 Å². The Morgan fingerprint density at radius 3 is 0.722 bits per heavy atom. The van der Waals surface area contributed by atoms with Crippen molar-refractivity contribution in [2.75, 3.05) is 78.9 Å². The van der Waals surface area contributed by atoms with E-state index >= 15 is 26.3 Å². The minimum atomic E-state index is -7.39. The topological polar surface area (TPSA) is 210 Å². The first kappa shape index (κ1) is 84.0. The molecular weight excluding hydrogens is 1390 g/mol. The van der Waals surface area contributed by atoms with Crippen LogP contribution in [0, 0.1) is 84.2 Å². The van der Waals surface area contributed by atoms with E-state index in [1.54, 1.807) is 0 Å². The summed E-state index contributed by atoms with van der Waals surface area (Å²) in [5, 5.41) is 66.3. The van der Waals surface area contributed by atoms with Crippen molar-refractivity contribution in [3.8, 4) is 36.4 Å². The van der Waals surface area contributed by atoms with Gasteiger partial charge in [-0.25, -0.2) is 0 Å². The first-order valence-corrected chi connectivity index (χ1v) is 27.9. The van der Waals surface area contributed by atoms with Gasteiger partial charge in [0.15, 0.2) is 0 Å². The monoisotopic (exact) mass is 1440 g/mol. The van der Waals surface area contributed by atoms with Gasteiger partial charge in [-0.2, -0.15) is 150 Å². The van der Waals surface area contributed by atoms with Crippen molar-refractivity contribution in [2.45, 2.75) is 152 Å². The number of hydrogen-bond acceptors (Lipinski definition) is 13. The molecule has 0 amide bonds. The van der Waals surface area contributed by atoms with Gasteiger partial charge in [0.25, 0.3) is 0 Å². The van der Waals surface area contributed by atoms with Crippen LogP contribution in [0.3, 0.4) is 0 Å². The fourth-order valence-corrected chi connectivity index (χ4v) is 10.3. The van der Waals surface area contributed by atoms with E-state index in [0.29, 0.717) is 18.2 Å². The summed E-state index contributed by atoms with van der Waals surface area (Å²) in [5.74, 6) is -63.5. The van der Waals surface area contributed by atoms with Crippen molar-refractivity contribution in [3.63, 3.8) is 0 Å². The summed E-state index contributed by atoms with van der Waals surface area (Å²) in [7, 11) is 0. The molecule has 3 rings (SSSR count). The molecule has 0 radical (unpaired) electrons. The van der Waals surface area contributed by atoms with Gasteiger partial charge in [0, 0.05) is 56.4 Å². The van der Waals surface area contributed by atoms with Gasteiger partial charge in [-0.05, 0) is 71.5 Å². The van der Waals surface area contributed by atoms with Gasteiger partial charge >= 0.3 is 71.8 Å². The predicted molar refractivity (Wildman–Crippen MR) is 280 cm³/mol. The van der Waals surface area contributed by atoms with Crippen LogP contribution in [0.25, 0.3) is 0 Å². The van der Waals surface area contributed by atoms with Gasteiger partial charge < -0.3 is 30.2 Å².